The lowest BCUT2D eigenvalue weighted by molar-refractivity contribution is -0.144. The van der Waals surface area contributed by atoms with Crippen LogP contribution in [0, 0.1) is 30.6 Å². The van der Waals surface area contributed by atoms with Gasteiger partial charge in [0.2, 0.25) is 37.8 Å². The molecule has 12 rings (SSSR count). The van der Waals surface area contributed by atoms with Crippen LogP contribution in [-0.2, 0) is 48.8 Å². The van der Waals surface area contributed by atoms with Crippen LogP contribution in [0.5, 0.6) is 23.0 Å². The largest absolute Gasteiger partial charge is 0.497 e. The molecule has 2 saturated heterocycles. The first-order chi connectivity index (χ1) is 49.8. The molecule has 6 aromatic rings. The number of ether oxygens (including phenoxy) is 4. The van der Waals surface area contributed by atoms with Crippen LogP contribution >= 0.6 is 22.7 Å². The predicted molar refractivity (Wildman–Crippen MR) is 401 cm³/mol. The number of fused-ring (bicyclic) bond motifs is 2. The smallest absolute Gasteiger partial charge is 0.327 e. The third-order valence-corrected chi connectivity index (χ3v) is 23.9. The molecule has 5 amide bonds. The molecule has 6 aliphatic rings. The van der Waals surface area contributed by atoms with E-state index in [1.54, 1.807) is 64.7 Å². The van der Waals surface area contributed by atoms with E-state index in [0.717, 1.165) is 15.6 Å². The second-order valence-electron chi connectivity index (χ2n) is 28.0. The SMILES string of the molecule is C.C=C[C@@H]1C[C@]1(NC(=O)[C@@H]1C[C@@H](Oc2cc(-c3csc(NC(C)C)n3)nc3cc(OC)ccc23)CN1)C(=O)NS(=O)(=O)C1CC1.C=C[C@@H]1C[C@]1(NC(=O)[C@@H]1C[C@@H](Oc2cc(-c3csc(NC(C)C)n3)nc3cc(OC)ccc23)CN1C(=O)[C@@H](NO)C(C)C)C(=O)NS(=O)(=O)C1CC1.[CH2+]C(C)[C@H](NO)C(=O)O. The van der Waals surface area contributed by atoms with Crippen molar-refractivity contribution in [2.24, 2.45) is 23.7 Å². The van der Waals surface area contributed by atoms with Crippen LogP contribution in [0.15, 0.2) is 84.6 Å². The number of amides is 5. The minimum absolute atomic E-state index is 0. The molecule has 35 heteroatoms. The molecule has 12 N–H and O–H groups in total. The summed E-state index contributed by atoms with van der Waals surface area (Å²) in [4.78, 5) is 98.4. The third-order valence-electron chi connectivity index (χ3n) is 18.7. The molecule has 0 spiro atoms. The number of aliphatic carboxylic acids is 1. The Labute approximate surface area is 624 Å². The van der Waals surface area contributed by atoms with E-state index in [4.69, 9.17) is 49.2 Å². The van der Waals surface area contributed by atoms with E-state index in [-0.39, 0.29) is 62.8 Å². The predicted octanol–water partition coefficient (Wildman–Crippen LogP) is 6.70. The summed E-state index contributed by atoms with van der Waals surface area (Å²) in [7, 11) is -4.47. The van der Waals surface area contributed by atoms with Crippen molar-refractivity contribution in [3.05, 3.63) is 91.5 Å². The lowest BCUT2D eigenvalue weighted by Crippen LogP contribution is -2.58. The number of carboxylic acids is 1. The van der Waals surface area contributed by atoms with E-state index in [1.165, 1.54) is 33.6 Å². The Bertz CT molecular complexity index is 4490. The molecule has 2 aromatic carbocycles. The number of benzene rings is 2. The Morgan fingerprint density at radius 1 is 0.651 bits per heavy atom. The number of anilines is 2. The zero-order valence-corrected chi connectivity index (χ0v) is 62.9. The molecule has 1 unspecified atom stereocenters. The molecule has 6 heterocycles. The van der Waals surface area contributed by atoms with Crippen LogP contribution in [-0.4, -0.2) is 190 Å². The van der Waals surface area contributed by atoms with Crippen LogP contribution in [0.2, 0.25) is 0 Å². The number of aromatic nitrogens is 4. The van der Waals surface area contributed by atoms with Crippen LogP contribution in [0.1, 0.15) is 107 Å². The van der Waals surface area contributed by atoms with Crippen molar-refractivity contribution < 1.29 is 80.1 Å². The van der Waals surface area contributed by atoms with Gasteiger partial charge in [0.1, 0.15) is 75.7 Å². The van der Waals surface area contributed by atoms with Gasteiger partial charge in [0.15, 0.2) is 16.3 Å². The summed E-state index contributed by atoms with van der Waals surface area (Å²) < 4.78 is 78.4. The number of hydrogen-bond acceptors (Lipinski definition) is 27. The average Bonchev–Trinajstić information content (AvgIpc) is 1.59. The number of hydroxylamine groups is 2. The second kappa shape index (κ2) is 33.5. The number of likely N-dealkylation sites (tertiary alicyclic amines) is 1. The number of hydrogen-bond donors (Lipinski definition) is 12. The van der Waals surface area contributed by atoms with Gasteiger partial charge in [-0.1, -0.05) is 33.4 Å². The third kappa shape index (κ3) is 18.8. The van der Waals surface area contributed by atoms with E-state index in [2.05, 4.69) is 61.6 Å². The summed E-state index contributed by atoms with van der Waals surface area (Å²) >= 11 is 2.95. The maximum absolute atomic E-state index is 14.1. The van der Waals surface area contributed by atoms with Crippen molar-refractivity contribution >= 4 is 110 Å². The van der Waals surface area contributed by atoms with Crippen LogP contribution < -0.4 is 65.9 Å². The Morgan fingerprint density at radius 3 is 1.48 bits per heavy atom. The van der Waals surface area contributed by atoms with Crippen molar-refractivity contribution in [2.45, 2.75) is 177 Å². The van der Waals surface area contributed by atoms with Gasteiger partial charge in [-0.05, 0) is 103 Å². The van der Waals surface area contributed by atoms with Gasteiger partial charge in [-0.25, -0.2) is 36.8 Å². The minimum atomic E-state index is -3.88. The molecule has 0 radical (unpaired) electrons. The van der Waals surface area contributed by atoms with Crippen LogP contribution in [0.3, 0.4) is 0 Å². The lowest BCUT2D eigenvalue weighted by Gasteiger charge is -2.30. The quantitative estimate of drug-likeness (QED) is 0.0127. The van der Waals surface area contributed by atoms with Crippen molar-refractivity contribution in [1.82, 2.24) is 61.2 Å². The van der Waals surface area contributed by atoms with E-state index < -0.39 is 113 Å². The fourth-order valence-electron chi connectivity index (χ4n) is 12.3. The van der Waals surface area contributed by atoms with Crippen molar-refractivity contribution in [2.75, 3.05) is 37.9 Å². The molecule has 4 aromatic heterocycles. The lowest BCUT2D eigenvalue weighted by atomic mass is 10.0. The molecule has 0 bridgehead atoms. The summed E-state index contributed by atoms with van der Waals surface area (Å²) in [6, 6.07) is 11.3. The summed E-state index contributed by atoms with van der Waals surface area (Å²) in [6.45, 7) is 24.6. The summed E-state index contributed by atoms with van der Waals surface area (Å²) in [5.41, 5.74) is 4.65. The summed E-state index contributed by atoms with van der Waals surface area (Å²) in [5.74, 6) is -3.48. The van der Waals surface area contributed by atoms with Gasteiger partial charge in [-0.15, -0.1) is 35.8 Å². The fourth-order valence-corrected chi connectivity index (χ4v) is 16.8. The highest BCUT2D eigenvalue weighted by Crippen LogP contribution is 2.47. The highest BCUT2D eigenvalue weighted by atomic mass is 32.2. The Kier molecular flexibility index (Phi) is 25.7. The number of methoxy groups -OCH3 is 2. The normalized spacial score (nSPS) is 23.1. The molecule has 2 aliphatic heterocycles. The fraction of sp³-hybridized carbons (Fsp3) is 0.507. The zero-order valence-electron chi connectivity index (χ0n) is 59.6. The minimum Gasteiger partial charge on any atom is -0.497 e. The number of nitrogens with zero attached hydrogens (tertiary/aromatic N) is 5. The number of pyridine rings is 2. The summed E-state index contributed by atoms with van der Waals surface area (Å²) in [6.07, 6.45) is 4.84. The first-order valence-corrected chi connectivity index (χ1v) is 39.3. The Morgan fingerprint density at radius 2 is 1.10 bits per heavy atom. The van der Waals surface area contributed by atoms with E-state index in [0.29, 0.717) is 107 Å². The van der Waals surface area contributed by atoms with Gasteiger partial charge >= 0.3 is 5.97 Å². The molecule has 4 aliphatic carbocycles. The van der Waals surface area contributed by atoms with Gasteiger partial charge in [0, 0.05) is 89.1 Å². The maximum Gasteiger partial charge on any atom is 0.327 e. The topological polar surface area (TPSA) is 431 Å². The molecule has 4 saturated carbocycles. The number of thiazole rings is 2. The molecular formula is C71H95N14O17S4+. The Hall–Kier alpha value is -8.81. The van der Waals surface area contributed by atoms with Gasteiger partial charge in [0.05, 0.1) is 66.7 Å². The molecule has 6 fully saturated rings. The molecule has 574 valence electrons. The van der Waals surface area contributed by atoms with Gasteiger partial charge in [-0.3, -0.25) is 38.2 Å². The van der Waals surface area contributed by atoms with Gasteiger partial charge in [0.25, 0.3) is 11.8 Å². The zero-order chi connectivity index (χ0) is 76.2. The van der Waals surface area contributed by atoms with Gasteiger partial charge in [-0.2, -0.15) is 11.0 Å². The first-order valence-electron chi connectivity index (χ1n) is 34.5. The number of nitrogens with one attached hydrogen (secondary N) is 9. The second-order valence-corrected chi connectivity index (χ2v) is 33.6. The average molecular weight is 1540 g/mol. The van der Waals surface area contributed by atoms with Crippen molar-refractivity contribution in [1.29, 1.82) is 0 Å². The highest BCUT2D eigenvalue weighted by molar-refractivity contribution is 7.91. The monoisotopic (exact) mass is 1540 g/mol. The molecular weight excluding hydrogens is 1450 g/mol. The van der Waals surface area contributed by atoms with E-state index >= 15 is 0 Å². The van der Waals surface area contributed by atoms with Crippen LogP contribution in [0.25, 0.3) is 44.6 Å². The number of carbonyl (C=O) groups excluding carboxylic acids is 5. The van der Waals surface area contributed by atoms with E-state index in [1.807, 2.05) is 68.8 Å². The highest BCUT2D eigenvalue weighted by Gasteiger charge is 2.63. The van der Waals surface area contributed by atoms with E-state index in [9.17, 15) is 50.8 Å². The number of rotatable bonds is 30. The van der Waals surface area contributed by atoms with Crippen LogP contribution in [0.4, 0.5) is 10.3 Å². The maximum atomic E-state index is 14.1. The standard InChI is InChI=1S/C35H45N7O8S2.C30H36N6O6S2.C5H9NO3.CH4/c1-7-20-15-35(20,33(45)41-52(47,48)23-9-10-23)39-31(43)28-13-22(16-42(28)32(44)30(40-46)18(2)3)50-29-14-26(27-17-51-34(38-27)36-19(4)5)37-25-12-21(49-6)8-11-24(25)29;1-5-17-13-30(17,28(38)36-44(39,40)20-7-8-20)35-27(37)24-11-19(14-31-24)42-26-12-23(25-15-43-29(34-25)32-16(2)3)33-22-10-18(41-4)6-9-21(22)26;1-3(2)4(6-9)5(7)8;/h7-8,11-12,14,17-20,22-23,28,30,40,46H,1,9-10,13,15-16H2,2-6H3,(H,36,38)(H,39,43)(H,41,45);5-6,9-10,12,15-17,19-20,24,31H,1,7-8,11,13-14H2,2-4H3,(H,32,34)(H,35,37)(H,36,38);3-4,6,9H,1H2,2H3;1H4/p+1/t20-,22-,28+,30+,35-;17-,19-,24+,30-;3?,4-;/m110./s1. The van der Waals surface area contributed by atoms with Crippen molar-refractivity contribution in [3.8, 4) is 45.8 Å². The number of sulfonamides is 2. The Balaban J connectivity index is 0.000000220. The molecule has 31 nitrogen and oxygen atoms in total. The summed E-state index contributed by atoms with van der Waals surface area (Å²) in [5, 5.41) is 47.4. The molecule has 11 atom stereocenters. The first kappa shape index (κ1) is 81.3. The number of carboxylic acid groups (broad SMARTS) is 1. The van der Waals surface area contributed by atoms with Gasteiger partial charge < -0.3 is 66.0 Å². The molecule has 106 heavy (non-hydrogen) atoms. The van der Waals surface area contributed by atoms with Crippen molar-refractivity contribution in [3.63, 3.8) is 0 Å². The number of carbonyl (C=O) groups is 6.